The number of allylic oxidation sites excluding steroid dienone is 1. The third-order valence-electron chi connectivity index (χ3n) is 4.39. The van der Waals surface area contributed by atoms with Gasteiger partial charge < -0.3 is 9.88 Å². The Balaban J connectivity index is 1.61. The van der Waals surface area contributed by atoms with E-state index in [1.807, 2.05) is 11.5 Å². The largest absolute Gasteiger partial charge is 0.348 e. The zero-order chi connectivity index (χ0) is 17.8. The molecule has 1 N–H and O–H groups in total. The van der Waals surface area contributed by atoms with E-state index in [0.717, 1.165) is 11.0 Å². The second kappa shape index (κ2) is 7.87. The molecular weight excluding hydrogens is 332 g/mol. The number of hydrogen-bond acceptors (Lipinski definition) is 4. The Morgan fingerprint density at radius 3 is 2.72 bits per heavy atom. The monoisotopic (exact) mass is 356 g/mol. The standard InChI is InChI=1S/C19H24N4OS/c1-4-11-23-14(3)21-22-19(23)25-12-17(24)20-18(16-9-10-16)15-7-5-13(2)6-8-15/h4-8,16,18H,1,9-12H2,2-3H3,(H,20,24). The molecule has 6 heteroatoms. The van der Waals surface area contributed by atoms with Crippen molar-refractivity contribution in [2.24, 2.45) is 5.92 Å². The summed E-state index contributed by atoms with van der Waals surface area (Å²) in [6.07, 6.45) is 4.17. The Morgan fingerprint density at radius 2 is 2.08 bits per heavy atom. The minimum absolute atomic E-state index is 0.0354. The van der Waals surface area contributed by atoms with Gasteiger partial charge >= 0.3 is 0 Å². The molecule has 0 aliphatic heterocycles. The first-order chi connectivity index (χ1) is 12.1. The van der Waals surface area contributed by atoms with Crippen molar-refractivity contribution in [3.8, 4) is 0 Å². The average molecular weight is 356 g/mol. The van der Waals surface area contributed by atoms with E-state index in [2.05, 4.69) is 53.3 Å². The first kappa shape index (κ1) is 17.7. The van der Waals surface area contributed by atoms with Gasteiger partial charge in [-0.1, -0.05) is 47.7 Å². The van der Waals surface area contributed by atoms with Gasteiger partial charge in [-0.15, -0.1) is 16.8 Å². The number of rotatable bonds is 8. The average Bonchev–Trinajstić information content (AvgIpc) is 3.38. The van der Waals surface area contributed by atoms with Crippen LogP contribution in [-0.4, -0.2) is 26.4 Å². The maximum Gasteiger partial charge on any atom is 0.230 e. The van der Waals surface area contributed by atoms with Crippen LogP contribution in [0.1, 0.15) is 35.8 Å². The molecule has 0 radical (unpaired) electrons. The second-order valence-corrected chi connectivity index (χ2v) is 7.45. The zero-order valence-corrected chi connectivity index (χ0v) is 15.6. The van der Waals surface area contributed by atoms with Gasteiger partial charge in [0, 0.05) is 6.54 Å². The van der Waals surface area contributed by atoms with Gasteiger partial charge in [0.15, 0.2) is 5.16 Å². The fraction of sp³-hybridized carbons (Fsp3) is 0.421. The molecule has 1 heterocycles. The molecule has 0 spiro atoms. The van der Waals surface area contributed by atoms with Crippen LogP contribution >= 0.6 is 11.8 Å². The van der Waals surface area contributed by atoms with Gasteiger partial charge in [0.25, 0.3) is 0 Å². The van der Waals surface area contributed by atoms with Crippen molar-refractivity contribution in [1.29, 1.82) is 0 Å². The van der Waals surface area contributed by atoms with Crippen molar-refractivity contribution >= 4 is 17.7 Å². The minimum atomic E-state index is 0.0354. The highest BCUT2D eigenvalue weighted by Gasteiger charge is 2.33. The molecule has 1 fully saturated rings. The lowest BCUT2D eigenvalue weighted by atomic mass is 10.0. The Hall–Kier alpha value is -2.08. The van der Waals surface area contributed by atoms with E-state index in [1.54, 1.807) is 6.08 Å². The van der Waals surface area contributed by atoms with Gasteiger partial charge in [-0.05, 0) is 38.2 Å². The molecule has 132 valence electrons. The number of benzene rings is 1. The van der Waals surface area contributed by atoms with E-state index < -0.39 is 0 Å². The third kappa shape index (κ3) is 4.51. The first-order valence-electron chi connectivity index (χ1n) is 8.58. The van der Waals surface area contributed by atoms with Crippen molar-refractivity contribution in [3.63, 3.8) is 0 Å². The normalized spacial score (nSPS) is 15.0. The number of aryl methyl sites for hydroxylation is 2. The first-order valence-corrected chi connectivity index (χ1v) is 9.56. The Kier molecular flexibility index (Phi) is 5.58. The molecule has 3 rings (SSSR count). The summed E-state index contributed by atoms with van der Waals surface area (Å²) in [5, 5.41) is 12.2. The predicted octanol–water partition coefficient (Wildman–Crippen LogP) is 3.44. The van der Waals surface area contributed by atoms with Gasteiger partial charge in [-0.2, -0.15) is 0 Å². The molecule has 1 amide bonds. The number of carbonyl (C=O) groups is 1. The van der Waals surface area contributed by atoms with Crippen LogP contribution in [0.3, 0.4) is 0 Å². The molecule has 1 aliphatic carbocycles. The van der Waals surface area contributed by atoms with Crippen LogP contribution in [0.5, 0.6) is 0 Å². The summed E-state index contributed by atoms with van der Waals surface area (Å²) in [4.78, 5) is 12.5. The highest BCUT2D eigenvalue weighted by Crippen LogP contribution is 2.41. The van der Waals surface area contributed by atoms with Gasteiger partial charge in [0.2, 0.25) is 5.91 Å². The topological polar surface area (TPSA) is 59.8 Å². The van der Waals surface area contributed by atoms with Crippen molar-refractivity contribution in [2.45, 2.75) is 44.4 Å². The summed E-state index contributed by atoms with van der Waals surface area (Å²) >= 11 is 1.42. The van der Waals surface area contributed by atoms with E-state index in [4.69, 9.17) is 0 Å². The minimum Gasteiger partial charge on any atom is -0.348 e. The highest BCUT2D eigenvalue weighted by atomic mass is 32.2. The molecule has 1 aromatic carbocycles. The zero-order valence-electron chi connectivity index (χ0n) is 14.7. The second-order valence-electron chi connectivity index (χ2n) is 6.51. The highest BCUT2D eigenvalue weighted by molar-refractivity contribution is 7.99. The smallest absolute Gasteiger partial charge is 0.230 e. The van der Waals surface area contributed by atoms with Crippen molar-refractivity contribution < 1.29 is 4.79 Å². The quantitative estimate of drug-likeness (QED) is 0.581. The summed E-state index contributed by atoms with van der Waals surface area (Å²) in [6, 6.07) is 8.56. The third-order valence-corrected chi connectivity index (χ3v) is 5.36. The molecule has 25 heavy (non-hydrogen) atoms. The fourth-order valence-electron chi connectivity index (χ4n) is 2.83. The number of hydrogen-bond donors (Lipinski definition) is 1. The Morgan fingerprint density at radius 1 is 1.36 bits per heavy atom. The van der Waals surface area contributed by atoms with Crippen LogP contribution in [-0.2, 0) is 11.3 Å². The number of nitrogens with one attached hydrogen (secondary N) is 1. The van der Waals surface area contributed by atoms with Crippen LogP contribution < -0.4 is 5.32 Å². The number of nitrogens with zero attached hydrogens (tertiary/aromatic N) is 3. The van der Waals surface area contributed by atoms with Crippen LogP contribution in [0.25, 0.3) is 0 Å². The lowest BCUT2D eigenvalue weighted by Crippen LogP contribution is -2.31. The van der Waals surface area contributed by atoms with E-state index in [-0.39, 0.29) is 11.9 Å². The maximum absolute atomic E-state index is 12.5. The molecular formula is C19H24N4OS. The fourth-order valence-corrected chi connectivity index (χ4v) is 3.63. The summed E-state index contributed by atoms with van der Waals surface area (Å²) in [5.41, 5.74) is 2.43. The van der Waals surface area contributed by atoms with Gasteiger partial charge in [-0.3, -0.25) is 4.79 Å². The van der Waals surface area contributed by atoms with E-state index in [0.29, 0.717) is 18.2 Å². The van der Waals surface area contributed by atoms with Crippen LogP contribution in [0.4, 0.5) is 0 Å². The summed E-state index contributed by atoms with van der Waals surface area (Å²) in [7, 11) is 0. The van der Waals surface area contributed by atoms with Gasteiger partial charge in [0.05, 0.1) is 11.8 Å². The van der Waals surface area contributed by atoms with Crippen molar-refractivity contribution in [1.82, 2.24) is 20.1 Å². The Labute approximate surface area is 152 Å². The molecule has 1 aromatic heterocycles. The summed E-state index contributed by atoms with van der Waals surface area (Å²) in [5.74, 6) is 1.76. The molecule has 1 unspecified atom stereocenters. The lowest BCUT2D eigenvalue weighted by molar-refractivity contribution is -0.119. The summed E-state index contributed by atoms with van der Waals surface area (Å²) in [6.45, 7) is 8.38. The number of thioether (sulfide) groups is 1. The van der Waals surface area contributed by atoms with E-state index >= 15 is 0 Å². The van der Waals surface area contributed by atoms with Gasteiger partial charge in [-0.25, -0.2) is 0 Å². The lowest BCUT2D eigenvalue weighted by Gasteiger charge is -2.19. The maximum atomic E-state index is 12.5. The van der Waals surface area contributed by atoms with Crippen molar-refractivity contribution in [2.75, 3.05) is 5.75 Å². The van der Waals surface area contributed by atoms with Crippen LogP contribution in [0.2, 0.25) is 0 Å². The Bertz CT molecular complexity index is 749. The SMILES string of the molecule is C=CCn1c(C)nnc1SCC(=O)NC(c1ccc(C)cc1)C1CC1. The van der Waals surface area contributed by atoms with Gasteiger partial charge in [0.1, 0.15) is 5.82 Å². The van der Waals surface area contributed by atoms with Crippen LogP contribution in [0, 0.1) is 19.8 Å². The molecule has 5 nitrogen and oxygen atoms in total. The molecule has 2 aromatic rings. The van der Waals surface area contributed by atoms with Crippen LogP contribution in [0.15, 0.2) is 42.1 Å². The number of aromatic nitrogens is 3. The number of amides is 1. The van der Waals surface area contributed by atoms with E-state index in [1.165, 1.54) is 35.7 Å². The molecule has 1 aliphatic rings. The van der Waals surface area contributed by atoms with Crippen molar-refractivity contribution in [3.05, 3.63) is 53.9 Å². The molecule has 1 atom stereocenters. The molecule has 1 saturated carbocycles. The summed E-state index contributed by atoms with van der Waals surface area (Å²) < 4.78 is 1.96. The number of carbonyl (C=O) groups excluding carboxylic acids is 1. The predicted molar refractivity (Wildman–Crippen MR) is 100 cm³/mol. The molecule has 0 saturated heterocycles. The molecule has 0 bridgehead atoms. The van der Waals surface area contributed by atoms with E-state index in [9.17, 15) is 4.79 Å².